The number of aromatic nitrogens is 4. The van der Waals surface area contributed by atoms with E-state index in [1.54, 1.807) is 13.8 Å². The first kappa shape index (κ1) is 13.3. The monoisotopic (exact) mass is 235 g/mol. The van der Waals surface area contributed by atoms with Crippen molar-refractivity contribution in [1.82, 2.24) is 20.4 Å². The second-order valence-electron chi connectivity index (χ2n) is 4.00. The Labute approximate surface area is 101 Å². The van der Waals surface area contributed by atoms with Crippen molar-refractivity contribution in [2.24, 2.45) is 0 Å². The third-order valence-corrected chi connectivity index (χ3v) is 1.99. The molecule has 0 radical (unpaired) electrons. The van der Waals surface area contributed by atoms with E-state index < -0.39 is 5.60 Å². The molecule has 1 heterocycles. The zero-order chi connectivity index (χ0) is 12.9. The van der Waals surface area contributed by atoms with E-state index in [9.17, 15) is 5.11 Å². The first-order valence-corrected chi connectivity index (χ1v) is 5.54. The molecular weight excluding hydrogens is 218 g/mol. The summed E-state index contributed by atoms with van der Waals surface area (Å²) >= 11 is 0. The molecule has 0 amide bonds. The molecule has 0 saturated carbocycles. The molecule has 0 aliphatic rings. The maximum absolute atomic E-state index is 9.42. The molecule has 1 rings (SSSR count). The van der Waals surface area contributed by atoms with Crippen molar-refractivity contribution in [1.29, 1.82) is 0 Å². The van der Waals surface area contributed by atoms with Crippen molar-refractivity contribution in [2.75, 3.05) is 18.0 Å². The van der Waals surface area contributed by atoms with Gasteiger partial charge in [-0.1, -0.05) is 5.92 Å². The van der Waals surface area contributed by atoms with Crippen molar-refractivity contribution in [3.8, 4) is 11.8 Å². The molecule has 0 aliphatic heterocycles. The zero-order valence-electron chi connectivity index (χ0n) is 10.6. The minimum Gasteiger partial charge on any atom is -0.378 e. The summed E-state index contributed by atoms with van der Waals surface area (Å²) in [5.41, 5.74) is -1.07. The molecular formula is C11H17N5O. The Morgan fingerprint density at radius 3 is 2.06 bits per heavy atom. The van der Waals surface area contributed by atoms with E-state index in [1.165, 1.54) is 0 Å². The molecule has 17 heavy (non-hydrogen) atoms. The topological polar surface area (TPSA) is 75.0 Å². The van der Waals surface area contributed by atoms with Crippen LogP contribution in [0, 0.1) is 11.8 Å². The van der Waals surface area contributed by atoms with Gasteiger partial charge < -0.3 is 10.0 Å². The van der Waals surface area contributed by atoms with E-state index in [1.807, 2.05) is 18.7 Å². The SMILES string of the molecule is CCN(CC)c1nnc(C#CC(C)(C)O)nn1. The summed E-state index contributed by atoms with van der Waals surface area (Å²) in [5.74, 6) is 5.92. The highest BCUT2D eigenvalue weighted by atomic mass is 16.3. The lowest BCUT2D eigenvalue weighted by atomic mass is 10.1. The van der Waals surface area contributed by atoms with Gasteiger partial charge in [-0.05, 0) is 33.6 Å². The van der Waals surface area contributed by atoms with Crippen LogP contribution in [0.2, 0.25) is 0 Å². The number of aliphatic hydroxyl groups is 1. The summed E-state index contributed by atoms with van der Waals surface area (Å²) < 4.78 is 0. The largest absolute Gasteiger partial charge is 0.378 e. The third kappa shape index (κ3) is 4.33. The average Bonchev–Trinajstić information content (AvgIpc) is 2.29. The van der Waals surface area contributed by atoms with Gasteiger partial charge in [0.05, 0.1) is 0 Å². The predicted molar refractivity (Wildman–Crippen MR) is 64.4 cm³/mol. The summed E-state index contributed by atoms with van der Waals surface area (Å²) in [4.78, 5) is 1.94. The van der Waals surface area contributed by atoms with Crippen LogP contribution in [-0.2, 0) is 0 Å². The Morgan fingerprint density at radius 1 is 1.12 bits per heavy atom. The average molecular weight is 235 g/mol. The first-order valence-electron chi connectivity index (χ1n) is 5.54. The van der Waals surface area contributed by atoms with Crippen LogP contribution >= 0.6 is 0 Å². The Morgan fingerprint density at radius 2 is 1.65 bits per heavy atom. The molecule has 0 saturated heterocycles. The zero-order valence-corrected chi connectivity index (χ0v) is 10.6. The smallest absolute Gasteiger partial charge is 0.264 e. The summed E-state index contributed by atoms with van der Waals surface area (Å²) in [5, 5.41) is 25.0. The minimum absolute atomic E-state index is 0.211. The summed E-state index contributed by atoms with van der Waals surface area (Å²) in [6, 6.07) is 0. The van der Waals surface area contributed by atoms with Gasteiger partial charge in [0, 0.05) is 13.1 Å². The van der Waals surface area contributed by atoms with Gasteiger partial charge >= 0.3 is 0 Å². The van der Waals surface area contributed by atoms with Crippen molar-refractivity contribution in [3.63, 3.8) is 0 Å². The van der Waals surface area contributed by atoms with E-state index in [4.69, 9.17) is 0 Å². The highest BCUT2D eigenvalue weighted by Crippen LogP contribution is 2.02. The molecule has 0 fully saturated rings. The van der Waals surface area contributed by atoms with E-state index in [0.29, 0.717) is 5.95 Å². The van der Waals surface area contributed by atoms with Gasteiger partial charge in [-0.3, -0.25) is 0 Å². The Kier molecular flexibility index (Phi) is 4.35. The highest BCUT2D eigenvalue weighted by molar-refractivity contribution is 5.27. The molecule has 0 bridgehead atoms. The third-order valence-electron chi connectivity index (χ3n) is 1.99. The van der Waals surface area contributed by atoms with Gasteiger partial charge in [0.25, 0.3) is 5.95 Å². The summed E-state index contributed by atoms with van der Waals surface area (Å²) in [6.07, 6.45) is 0. The van der Waals surface area contributed by atoms with E-state index in [2.05, 4.69) is 32.2 Å². The molecule has 1 aromatic rings. The summed E-state index contributed by atoms with van der Waals surface area (Å²) in [7, 11) is 0. The van der Waals surface area contributed by atoms with Crippen molar-refractivity contribution in [2.45, 2.75) is 33.3 Å². The van der Waals surface area contributed by atoms with E-state index in [0.717, 1.165) is 13.1 Å². The Balaban J connectivity index is 2.84. The number of anilines is 1. The molecule has 92 valence electrons. The molecule has 6 nitrogen and oxygen atoms in total. The van der Waals surface area contributed by atoms with Gasteiger partial charge in [-0.25, -0.2) is 0 Å². The fourth-order valence-electron chi connectivity index (χ4n) is 1.12. The lowest BCUT2D eigenvalue weighted by molar-refractivity contribution is 0.143. The second kappa shape index (κ2) is 5.55. The van der Waals surface area contributed by atoms with Crippen LogP contribution < -0.4 is 4.90 Å². The fraction of sp³-hybridized carbons (Fsp3) is 0.636. The minimum atomic E-state index is -1.07. The molecule has 0 unspecified atom stereocenters. The highest BCUT2D eigenvalue weighted by Gasteiger charge is 2.08. The maximum Gasteiger partial charge on any atom is 0.264 e. The van der Waals surface area contributed by atoms with Crippen LogP contribution in [0.1, 0.15) is 33.5 Å². The van der Waals surface area contributed by atoms with Crippen LogP contribution in [0.5, 0.6) is 0 Å². The Bertz CT molecular complexity index is 408. The van der Waals surface area contributed by atoms with Gasteiger partial charge in [-0.2, -0.15) is 0 Å². The second-order valence-corrected chi connectivity index (χ2v) is 4.00. The van der Waals surface area contributed by atoms with Crippen LogP contribution in [-0.4, -0.2) is 44.2 Å². The molecule has 1 N–H and O–H groups in total. The fourth-order valence-corrected chi connectivity index (χ4v) is 1.12. The first-order chi connectivity index (χ1) is 7.96. The number of nitrogens with zero attached hydrogens (tertiary/aromatic N) is 5. The van der Waals surface area contributed by atoms with Crippen molar-refractivity contribution in [3.05, 3.63) is 5.82 Å². The quantitative estimate of drug-likeness (QED) is 0.756. The van der Waals surface area contributed by atoms with Crippen molar-refractivity contribution < 1.29 is 5.11 Å². The number of hydrogen-bond acceptors (Lipinski definition) is 6. The number of hydrogen-bond donors (Lipinski definition) is 1. The molecule has 0 atom stereocenters. The van der Waals surface area contributed by atoms with Crippen molar-refractivity contribution >= 4 is 5.95 Å². The molecule has 1 aromatic heterocycles. The standard InChI is InChI=1S/C11H17N5O/c1-5-16(6-2)10-14-12-9(13-15-10)7-8-11(3,4)17/h17H,5-6H2,1-4H3. The van der Waals surface area contributed by atoms with Gasteiger partial charge in [-0.15, -0.1) is 20.4 Å². The lowest BCUT2D eigenvalue weighted by Crippen LogP contribution is -2.25. The molecule has 0 aromatic carbocycles. The lowest BCUT2D eigenvalue weighted by Gasteiger charge is -2.16. The summed E-state index contributed by atoms with van der Waals surface area (Å²) in [6.45, 7) is 8.79. The number of rotatable bonds is 3. The van der Waals surface area contributed by atoms with Gasteiger partial charge in [0.1, 0.15) is 5.60 Å². The van der Waals surface area contributed by atoms with E-state index >= 15 is 0 Å². The normalized spacial score (nSPS) is 10.6. The predicted octanol–water partition coefficient (Wildman–Crippen LogP) is 0.235. The van der Waals surface area contributed by atoms with Crippen LogP contribution in [0.3, 0.4) is 0 Å². The Hall–Kier alpha value is -1.74. The maximum atomic E-state index is 9.42. The molecule has 0 aliphatic carbocycles. The van der Waals surface area contributed by atoms with E-state index in [-0.39, 0.29) is 5.82 Å². The van der Waals surface area contributed by atoms with Crippen LogP contribution in [0.4, 0.5) is 5.95 Å². The van der Waals surface area contributed by atoms with Gasteiger partial charge in [0.15, 0.2) is 0 Å². The molecule has 6 heteroatoms. The van der Waals surface area contributed by atoms with Gasteiger partial charge in [0.2, 0.25) is 5.82 Å². The molecule has 0 spiro atoms. The van der Waals surface area contributed by atoms with Crippen LogP contribution in [0.15, 0.2) is 0 Å². The van der Waals surface area contributed by atoms with Crippen LogP contribution in [0.25, 0.3) is 0 Å².